The summed E-state index contributed by atoms with van der Waals surface area (Å²) in [5.74, 6) is 0.0436. The molecular weight excluding hydrogens is 328 g/mol. The van der Waals surface area contributed by atoms with Crippen LogP contribution in [-0.4, -0.2) is 22.0 Å². The standard InChI is InChI=1S/C20H20N4O2/c1-12(13-8-10-15(11-9-13)22-19(25)14-6-7-14)21-20(26)18-16-4-2-3-5-17(16)23-24-18/h2-5,8-12,14H,6-7H2,1H3,(H,21,26)(H,22,25)(H,23,24). The van der Waals surface area contributed by atoms with Crippen LogP contribution in [-0.2, 0) is 4.79 Å². The molecule has 132 valence electrons. The lowest BCUT2D eigenvalue weighted by Gasteiger charge is -2.14. The van der Waals surface area contributed by atoms with Crippen LogP contribution in [0.15, 0.2) is 48.5 Å². The van der Waals surface area contributed by atoms with E-state index >= 15 is 0 Å². The number of rotatable bonds is 5. The number of carbonyl (C=O) groups is 2. The van der Waals surface area contributed by atoms with Gasteiger partial charge in [0.25, 0.3) is 5.91 Å². The highest BCUT2D eigenvalue weighted by Gasteiger charge is 2.29. The minimum absolute atomic E-state index is 0.0875. The number of carbonyl (C=O) groups excluding carboxylic acids is 2. The fourth-order valence-corrected chi connectivity index (χ4v) is 2.93. The first kappa shape index (κ1) is 16.3. The Bertz CT molecular complexity index is 957. The van der Waals surface area contributed by atoms with Crippen molar-refractivity contribution in [2.75, 3.05) is 5.32 Å². The smallest absolute Gasteiger partial charge is 0.272 e. The summed E-state index contributed by atoms with van der Waals surface area (Å²) in [4.78, 5) is 24.3. The first-order valence-electron chi connectivity index (χ1n) is 8.76. The van der Waals surface area contributed by atoms with E-state index in [0.717, 1.165) is 35.0 Å². The molecule has 1 heterocycles. The molecule has 1 fully saturated rings. The molecule has 1 saturated carbocycles. The van der Waals surface area contributed by atoms with Gasteiger partial charge in [-0.05, 0) is 43.5 Å². The number of hydrogen-bond acceptors (Lipinski definition) is 3. The van der Waals surface area contributed by atoms with Crippen LogP contribution in [0.5, 0.6) is 0 Å². The summed E-state index contributed by atoms with van der Waals surface area (Å²) in [6.45, 7) is 1.92. The van der Waals surface area contributed by atoms with Crippen molar-refractivity contribution in [3.05, 3.63) is 59.8 Å². The average molecular weight is 348 g/mol. The maximum absolute atomic E-state index is 12.5. The van der Waals surface area contributed by atoms with Crippen LogP contribution in [0.1, 0.15) is 41.9 Å². The average Bonchev–Trinajstić information content (AvgIpc) is 3.41. The fourth-order valence-electron chi connectivity index (χ4n) is 2.93. The number of anilines is 1. The lowest BCUT2D eigenvalue weighted by Crippen LogP contribution is -2.27. The van der Waals surface area contributed by atoms with Crippen LogP contribution < -0.4 is 10.6 Å². The second kappa shape index (κ2) is 6.63. The highest BCUT2D eigenvalue weighted by atomic mass is 16.2. The normalized spacial score (nSPS) is 14.8. The van der Waals surface area contributed by atoms with Crippen molar-refractivity contribution in [1.82, 2.24) is 15.5 Å². The third-order valence-corrected chi connectivity index (χ3v) is 4.66. The Kier molecular flexibility index (Phi) is 4.16. The Hall–Kier alpha value is -3.15. The summed E-state index contributed by atoms with van der Waals surface area (Å²) in [5, 5.41) is 13.7. The monoisotopic (exact) mass is 348 g/mol. The molecule has 2 amide bonds. The molecule has 0 aliphatic heterocycles. The van der Waals surface area contributed by atoms with Crippen molar-refractivity contribution < 1.29 is 9.59 Å². The van der Waals surface area contributed by atoms with Gasteiger partial charge in [0.15, 0.2) is 5.69 Å². The predicted molar refractivity (Wildman–Crippen MR) is 99.8 cm³/mol. The Morgan fingerprint density at radius 1 is 1.12 bits per heavy atom. The molecule has 2 aromatic carbocycles. The van der Waals surface area contributed by atoms with Gasteiger partial charge in [0.2, 0.25) is 5.91 Å². The Balaban J connectivity index is 1.43. The zero-order chi connectivity index (χ0) is 18.1. The number of benzene rings is 2. The van der Waals surface area contributed by atoms with E-state index in [1.165, 1.54) is 0 Å². The predicted octanol–water partition coefficient (Wildman–Crippen LogP) is 3.40. The van der Waals surface area contributed by atoms with Gasteiger partial charge in [-0.25, -0.2) is 0 Å². The molecule has 6 nitrogen and oxygen atoms in total. The number of nitrogens with one attached hydrogen (secondary N) is 3. The molecule has 1 atom stereocenters. The van der Waals surface area contributed by atoms with Crippen molar-refractivity contribution in [3.8, 4) is 0 Å². The molecule has 4 rings (SSSR count). The number of para-hydroxylation sites is 1. The molecule has 26 heavy (non-hydrogen) atoms. The molecule has 1 unspecified atom stereocenters. The molecule has 3 aromatic rings. The molecule has 1 aromatic heterocycles. The van der Waals surface area contributed by atoms with Crippen LogP contribution >= 0.6 is 0 Å². The number of amides is 2. The van der Waals surface area contributed by atoms with Gasteiger partial charge < -0.3 is 10.6 Å². The molecule has 6 heteroatoms. The van der Waals surface area contributed by atoms with Crippen molar-refractivity contribution in [2.45, 2.75) is 25.8 Å². The van der Waals surface area contributed by atoms with Gasteiger partial charge in [-0.15, -0.1) is 0 Å². The number of fused-ring (bicyclic) bond motifs is 1. The number of hydrogen-bond donors (Lipinski definition) is 3. The third kappa shape index (κ3) is 3.31. The number of H-pyrrole nitrogens is 1. The van der Waals surface area contributed by atoms with Crippen molar-refractivity contribution in [2.24, 2.45) is 5.92 Å². The van der Waals surface area contributed by atoms with Gasteiger partial charge in [-0.1, -0.05) is 30.3 Å². The van der Waals surface area contributed by atoms with Gasteiger partial charge >= 0.3 is 0 Å². The minimum Gasteiger partial charge on any atom is -0.344 e. The van der Waals surface area contributed by atoms with E-state index in [0.29, 0.717) is 5.69 Å². The number of aromatic amines is 1. The van der Waals surface area contributed by atoms with E-state index in [1.54, 1.807) is 0 Å². The Morgan fingerprint density at radius 3 is 2.58 bits per heavy atom. The summed E-state index contributed by atoms with van der Waals surface area (Å²) < 4.78 is 0. The molecule has 1 aliphatic carbocycles. The van der Waals surface area contributed by atoms with E-state index < -0.39 is 0 Å². The van der Waals surface area contributed by atoms with Gasteiger partial charge in [-0.2, -0.15) is 5.10 Å². The van der Waals surface area contributed by atoms with E-state index in [9.17, 15) is 9.59 Å². The molecule has 0 radical (unpaired) electrons. The van der Waals surface area contributed by atoms with E-state index in [4.69, 9.17) is 0 Å². The lowest BCUT2D eigenvalue weighted by molar-refractivity contribution is -0.117. The van der Waals surface area contributed by atoms with Crippen molar-refractivity contribution in [3.63, 3.8) is 0 Å². The highest BCUT2D eigenvalue weighted by Crippen LogP contribution is 2.30. The molecule has 0 saturated heterocycles. The van der Waals surface area contributed by atoms with Crippen molar-refractivity contribution >= 4 is 28.4 Å². The maximum Gasteiger partial charge on any atom is 0.272 e. The third-order valence-electron chi connectivity index (χ3n) is 4.66. The zero-order valence-electron chi connectivity index (χ0n) is 14.5. The molecule has 0 spiro atoms. The molecule has 0 bridgehead atoms. The number of nitrogens with zero attached hydrogens (tertiary/aromatic N) is 1. The van der Waals surface area contributed by atoms with E-state index in [1.807, 2.05) is 55.5 Å². The summed E-state index contributed by atoms with van der Waals surface area (Å²) in [5.41, 5.74) is 2.96. The van der Waals surface area contributed by atoms with Gasteiger partial charge in [0.1, 0.15) is 0 Å². The minimum atomic E-state index is -0.221. The second-order valence-electron chi connectivity index (χ2n) is 6.70. The van der Waals surface area contributed by atoms with E-state index in [2.05, 4.69) is 20.8 Å². The fraction of sp³-hybridized carbons (Fsp3) is 0.250. The summed E-state index contributed by atoms with van der Waals surface area (Å²) in [6, 6.07) is 14.9. The lowest BCUT2D eigenvalue weighted by atomic mass is 10.1. The van der Waals surface area contributed by atoms with Crippen LogP contribution in [0.2, 0.25) is 0 Å². The Labute approximate surface area is 151 Å². The molecule has 1 aliphatic rings. The van der Waals surface area contributed by atoms with Crippen LogP contribution in [0, 0.1) is 5.92 Å². The quantitative estimate of drug-likeness (QED) is 0.660. The highest BCUT2D eigenvalue weighted by molar-refractivity contribution is 6.04. The van der Waals surface area contributed by atoms with Crippen LogP contribution in [0.3, 0.4) is 0 Å². The summed E-state index contributed by atoms with van der Waals surface area (Å²) >= 11 is 0. The first-order valence-corrected chi connectivity index (χ1v) is 8.76. The Morgan fingerprint density at radius 2 is 1.85 bits per heavy atom. The first-order chi connectivity index (χ1) is 12.6. The van der Waals surface area contributed by atoms with Gasteiger partial charge in [0.05, 0.1) is 11.6 Å². The summed E-state index contributed by atoms with van der Waals surface area (Å²) in [6.07, 6.45) is 1.96. The van der Waals surface area contributed by atoms with Gasteiger partial charge in [0, 0.05) is 17.0 Å². The van der Waals surface area contributed by atoms with Gasteiger partial charge in [-0.3, -0.25) is 14.7 Å². The zero-order valence-corrected chi connectivity index (χ0v) is 14.5. The van der Waals surface area contributed by atoms with Crippen molar-refractivity contribution in [1.29, 1.82) is 0 Å². The van der Waals surface area contributed by atoms with E-state index in [-0.39, 0.29) is 23.8 Å². The molecule has 3 N–H and O–H groups in total. The maximum atomic E-state index is 12.5. The molecular formula is C20H20N4O2. The number of aromatic nitrogens is 2. The topological polar surface area (TPSA) is 86.9 Å². The SMILES string of the molecule is CC(NC(=O)c1n[nH]c2ccccc12)c1ccc(NC(=O)C2CC2)cc1. The second-order valence-corrected chi connectivity index (χ2v) is 6.70. The summed E-state index contributed by atoms with van der Waals surface area (Å²) in [7, 11) is 0. The van der Waals surface area contributed by atoms with Crippen LogP contribution in [0.4, 0.5) is 5.69 Å². The largest absolute Gasteiger partial charge is 0.344 e. The van der Waals surface area contributed by atoms with Crippen LogP contribution in [0.25, 0.3) is 10.9 Å².